The molecular weight excluding hydrogens is 358 g/mol. The molecule has 7 heteroatoms. The molecule has 0 heterocycles. The van der Waals surface area contributed by atoms with Gasteiger partial charge in [-0.15, -0.1) is 0 Å². The number of hydrogen-bond donors (Lipinski definition) is 2. The molecule has 2 N–H and O–H groups in total. The van der Waals surface area contributed by atoms with Crippen LogP contribution >= 0.6 is 0 Å². The highest BCUT2D eigenvalue weighted by Crippen LogP contribution is 2.22. The van der Waals surface area contributed by atoms with Gasteiger partial charge in [0.2, 0.25) is 5.91 Å². The van der Waals surface area contributed by atoms with Crippen LogP contribution in [0.2, 0.25) is 0 Å². The van der Waals surface area contributed by atoms with Crippen LogP contribution in [0.3, 0.4) is 0 Å². The van der Waals surface area contributed by atoms with Gasteiger partial charge >= 0.3 is 6.09 Å². The summed E-state index contributed by atoms with van der Waals surface area (Å²) in [4.78, 5) is 38.3. The molecule has 0 aliphatic heterocycles. The summed E-state index contributed by atoms with van der Waals surface area (Å²) in [5.41, 5.74) is -0.645. The number of rotatable bonds is 5. The minimum absolute atomic E-state index is 0.398. The molecule has 1 atom stereocenters. The van der Waals surface area contributed by atoms with Crippen molar-refractivity contribution in [2.75, 3.05) is 6.54 Å². The first kappa shape index (κ1) is 23.0. The fourth-order valence-electron chi connectivity index (χ4n) is 2.33. The van der Waals surface area contributed by atoms with E-state index in [4.69, 9.17) is 11.2 Å². The molecule has 0 saturated heterocycles. The van der Waals surface area contributed by atoms with E-state index in [0.717, 1.165) is 4.90 Å². The minimum Gasteiger partial charge on any atom is -0.444 e. The van der Waals surface area contributed by atoms with Crippen molar-refractivity contribution in [1.82, 2.24) is 15.5 Å². The Morgan fingerprint density at radius 3 is 2.14 bits per heavy atom. The standard InChI is InChI=1S/C21H29N3O4/c1-8-24(16(25)14-22-19(27)28-21(5,6)7)17(15-12-10-9-11-13-15)18(26)23-20(2,3)4/h1,9-13,17H,14H2,2-7H3,(H,22,27)(H,23,26). The first-order chi connectivity index (χ1) is 12.8. The van der Waals surface area contributed by atoms with Gasteiger partial charge in [-0.1, -0.05) is 36.8 Å². The topological polar surface area (TPSA) is 87.7 Å². The number of benzene rings is 1. The maximum Gasteiger partial charge on any atom is 0.408 e. The van der Waals surface area contributed by atoms with Gasteiger partial charge in [-0.3, -0.25) is 14.5 Å². The number of terminal acetylenes is 1. The van der Waals surface area contributed by atoms with Gasteiger partial charge in [0.15, 0.2) is 0 Å². The van der Waals surface area contributed by atoms with Crippen LogP contribution in [0.4, 0.5) is 4.79 Å². The van der Waals surface area contributed by atoms with Crippen molar-refractivity contribution in [3.8, 4) is 12.5 Å². The van der Waals surface area contributed by atoms with E-state index in [1.165, 1.54) is 0 Å². The summed E-state index contributed by atoms with van der Waals surface area (Å²) in [5.74, 6) is -1.02. The lowest BCUT2D eigenvalue weighted by Gasteiger charge is -2.30. The number of ether oxygens (including phenoxy) is 1. The second-order valence-electron chi connectivity index (χ2n) is 8.30. The third kappa shape index (κ3) is 7.70. The van der Waals surface area contributed by atoms with Crippen molar-refractivity contribution < 1.29 is 19.1 Å². The molecule has 0 saturated carbocycles. The molecule has 0 aliphatic carbocycles. The molecule has 152 valence electrons. The smallest absolute Gasteiger partial charge is 0.408 e. The second-order valence-corrected chi connectivity index (χ2v) is 8.30. The zero-order valence-corrected chi connectivity index (χ0v) is 17.3. The Balaban J connectivity index is 3.03. The molecule has 0 aliphatic rings. The molecule has 0 spiro atoms. The second kappa shape index (κ2) is 9.27. The Morgan fingerprint density at radius 1 is 1.11 bits per heavy atom. The first-order valence-electron chi connectivity index (χ1n) is 8.96. The van der Waals surface area contributed by atoms with E-state index >= 15 is 0 Å². The fourth-order valence-corrected chi connectivity index (χ4v) is 2.33. The maximum atomic E-state index is 12.9. The SMILES string of the molecule is C#CN(C(=O)CNC(=O)OC(C)(C)C)C(C(=O)NC(C)(C)C)c1ccccc1. The average molecular weight is 387 g/mol. The van der Waals surface area contributed by atoms with Crippen molar-refractivity contribution >= 4 is 17.9 Å². The molecule has 7 nitrogen and oxygen atoms in total. The van der Waals surface area contributed by atoms with Crippen LogP contribution in [-0.2, 0) is 14.3 Å². The van der Waals surface area contributed by atoms with Crippen LogP contribution < -0.4 is 10.6 Å². The Labute approximate surface area is 166 Å². The lowest BCUT2D eigenvalue weighted by atomic mass is 10.0. The normalized spacial score (nSPS) is 12.3. The molecule has 1 rings (SSSR count). The fraction of sp³-hybridized carbons (Fsp3) is 0.476. The zero-order valence-electron chi connectivity index (χ0n) is 17.3. The van der Waals surface area contributed by atoms with E-state index < -0.39 is 41.6 Å². The van der Waals surface area contributed by atoms with E-state index in [-0.39, 0.29) is 0 Å². The monoisotopic (exact) mass is 387 g/mol. The lowest BCUT2D eigenvalue weighted by Crippen LogP contribution is -2.49. The Morgan fingerprint density at radius 2 is 1.68 bits per heavy atom. The highest BCUT2D eigenvalue weighted by atomic mass is 16.6. The molecule has 0 aromatic heterocycles. The van der Waals surface area contributed by atoms with Crippen molar-refractivity contribution in [2.45, 2.75) is 58.7 Å². The van der Waals surface area contributed by atoms with Crippen molar-refractivity contribution in [2.24, 2.45) is 0 Å². The van der Waals surface area contributed by atoms with Crippen molar-refractivity contribution in [3.63, 3.8) is 0 Å². The average Bonchev–Trinajstić information content (AvgIpc) is 2.55. The van der Waals surface area contributed by atoms with Gasteiger partial charge in [-0.2, -0.15) is 0 Å². The predicted octanol–water partition coefficient (Wildman–Crippen LogP) is 2.59. The van der Waals surface area contributed by atoms with Gasteiger partial charge in [0.1, 0.15) is 18.2 Å². The Kier molecular flexibility index (Phi) is 7.62. The molecule has 28 heavy (non-hydrogen) atoms. The van der Waals surface area contributed by atoms with E-state index in [1.807, 2.05) is 20.8 Å². The highest BCUT2D eigenvalue weighted by molar-refractivity contribution is 5.91. The Bertz CT molecular complexity index is 740. The Hall–Kier alpha value is -3.01. The van der Waals surface area contributed by atoms with Gasteiger partial charge in [-0.25, -0.2) is 4.79 Å². The van der Waals surface area contributed by atoms with Crippen LogP contribution in [0.15, 0.2) is 30.3 Å². The van der Waals surface area contributed by atoms with Crippen LogP contribution in [0, 0.1) is 12.5 Å². The molecule has 0 bridgehead atoms. The molecule has 3 amide bonds. The summed E-state index contributed by atoms with van der Waals surface area (Å²) in [6.07, 6.45) is 4.81. The summed E-state index contributed by atoms with van der Waals surface area (Å²) in [5, 5.41) is 5.21. The van der Waals surface area contributed by atoms with Gasteiger partial charge in [-0.05, 0) is 47.1 Å². The van der Waals surface area contributed by atoms with Crippen molar-refractivity contribution in [3.05, 3.63) is 35.9 Å². The molecule has 0 radical (unpaired) electrons. The number of amides is 3. The third-order valence-electron chi connectivity index (χ3n) is 3.31. The van der Waals surface area contributed by atoms with Gasteiger partial charge < -0.3 is 15.4 Å². The van der Waals surface area contributed by atoms with Crippen LogP contribution in [-0.4, -0.2) is 40.5 Å². The number of carbonyl (C=O) groups excluding carboxylic acids is 3. The number of hydrogen-bond acceptors (Lipinski definition) is 4. The van der Waals surface area contributed by atoms with Crippen LogP contribution in [0.25, 0.3) is 0 Å². The maximum absolute atomic E-state index is 12.9. The van der Waals surface area contributed by atoms with Gasteiger partial charge in [0, 0.05) is 11.6 Å². The van der Waals surface area contributed by atoms with Gasteiger partial charge in [0.05, 0.1) is 0 Å². The summed E-state index contributed by atoms with van der Waals surface area (Å²) in [6, 6.07) is 9.98. The van der Waals surface area contributed by atoms with E-state index in [1.54, 1.807) is 51.1 Å². The largest absolute Gasteiger partial charge is 0.444 e. The summed E-state index contributed by atoms with van der Waals surface area (Å²) >= 11 is 0. The molecule has 1 aromatic carbocycles. The number of alkyl carbamates (subject to hydrolysis) is 1. The molecule has 0 fully saturated rings. The number of carbonyl (C=O) groups is 3. The first-order valence-corrected chi connectivity index (χ1v) is 8.96. The number of nitrogens with zero attached hydrogens (tertiary/aromatic N) is 1. The summed E-state index contributed by atoms with van der Waals surface area (Å²) in [7, 11) is 0. The van der Waals surface area contributed by atoms with Crippen LogP contribution in [0.5, 0.6) is 0 Å². The molecule has 1 aromatic rings. The highest BCUT2D eigenvalue weighted by Gasteiger charge is 2.32. The van der Waals surface area contributed by atoms with E-state index in [2.05, 4.69) is 16.7 Å². The minimum atomic E-state index is -1.03. The van der Waals surface area contributed by atoms with E-state index in [9.17, 15) is 14.4 Å². The third-order valence-corrected chi connectivity index (χ3v) is 3.31. The quantitative estimate of drug-likeness (QED) is 0.600. The predicted molar refractivity (Wildman–Crippen MR) is 107 cm³/mol. The van der Waals surface area contributed by atoms with Crippen molar-refractivity contribution in [1.29, 1.82) is 0 Å². The van der Waals surface area contributed by atoms with Crippen LogP contribution in [0.1, 0.15) is 53.1 Å². The number of nitrogens with one attached hydrogen (secondary N) is 2. The summed E-state index contributed by atoms with van der Waals surface area (Å²) < 4.78 is 5.11. The van der Waals surface area contributed by atoms with E-state index in [0.29, 0.717) is 5.56 Å². The molecular formula is C21H29N3O4. The van der Waals surface area contributed by atoms with Gasteiger partial charge in [0.25, 0.3) is 5.91 Å². The lowest BCUT2D eigenvalue weighted by molar-refractivity contribution is -0.137. The molecule has 1 unspecified atom stereocenters. The summed E-state index contributed by atoms with van der Waals surface area (Å²) in [6.45, 7) is 10.2. The zero-order chi connectivity index (χ0) is 21.5.